The minimum absolute atomic E-state index is 0.0480. The number of thioether (sulfide) groups is 1. The molecule has 1 fully saturated rings. The van der Waals surface area contributed by atoms with Gasteiger partial charge in [-0.25, -0.2) is 9.07 Å². The van der Waals surface area contributed by atoms with Gasteiger partial charge in [0.2, 0.25) is 11.1 Å². The Morgan fingerprint density at radius 1 is 1.27 bits per heavy atom. The van der Waals surface area contributed by atoms with E-state index in [-0.39, 0.29) is 23.5 Å². The average molecular weight is 377 g/mol. The molecule has 0 spiro atoms. The largest absolute Gasteiger partial charge is 0.336 e. The second kappa shape index (κ2) is 8.53. The van der Waals surface area contributed by atoms with Crippen molar-refractivity contribution in [2.75, 3.05) is 11.6 Å². The predicted molar refractivity (Wildman–Crippen MR) is 99.5 cm³/mol. The fourth-order valence-corrected chi connectivity index (χ4v) is 4.05. The summed E-state index contributed by atoms with van der Waals surface area (Å²) in [4.78, 5) is 14.9. The van der Waals surface area contributed by atoms with E-state index in [0.29, 0.717) is 17.5 Å². The van der Waals surface area contributed by atoms with Gasteiger partial charge in [-0.05, 0) is 37.5 Å². The first-order valence-electron chi connectivity index (χ1n) is 8.88. The summed E-state index contributed by atoms with van der Waals surface area (Å²) in [5, 5.41) is 8.43. The zero-order valence-electron chi connectivity index (χ0n) is 14.9. The fraction of sp³-hybridized carbons (Fsp3) is 0.500. The number of benzene rings is 1. The number of aromatic nitrogens is 3. The van der Waals surface area contributed by atoms with Gasteiger partial charge >= 0.3 is 0 Å². The first-order valence-corrected chi connectivity index (χ1v) is 9.87. The van der Waals surface area contributed by atoms with Crippen LogP contribution in [0.1, 0.15) is 43.5 Å². The van der Waals surface area contributed by atoms with Gasteiger partial charge in [0.25, 0.3) is 0 Å². The number of nitrogens with zero attached hydrogens (tertiary/aromatic N) is 4. The van der Waals surface area contributed by atoms with Gasteiger partial charge in [0, 0.05) is 12.6 Å². The molecule has 1 amide bonds. The van der Waals surface area contributed by atoms with E-state index in [1.807, 2.05) is 4.90 Å². The highest BCUT2D eigenvalue weighted by atomic mass is 32.2. The van der Waals surface area contributed by atoms with Crippen molar-refractivity contribution < 1.29 is 9.18 Å². The van der Waals surface area contributed by atoms with Crippen molar-refractivity contribution >= 4 is 17.7 Å². The Hall–Kier alpha value is -2.09. The number of carbonyl (C=O) groups excluding carboxylic acids is 1. The number of carbonyl (C=O) groups is 1. The van der Waals surface area contributed by atoms with Gasteiger partial charge in [0.15, 0.2) is 0 Å². The van der Waals surface area contributed by atoms with E-state index in [1.54, 1.807) is 19.1 Å². The quantitative estimate of drug-likeness (QED) is 0.619. The lowest BCUT2D eigenvalue weighted by molar-refractivity contribution is -0.132. The third-order valence-corrected chi connectivity index (χ3v) is 5.69. The molecule has 0 aliphatic heterocycles. The number of rotatable bonds is 6. The molecule has 2 N–H and O–H groups in total. The van der Waals surface area contributed by atoms with Crippen LogP contribution in [0.15, 0.2) is 29.4 Å². The molecule has 0 bridgehead atoms. The molecular formula is C18H24FN5OS. The maximum absolute atomic E-state index is 13.2. The maximum Gasteiger partial charge on any atom is 0.233 e. The maximum atomic E-state index is 13.2. The normalized spacial score (nSPS) is 15.2. The topological polar surface area (TPSA) is 77.0 Å². The SMILES string of the molecule is Cc1nnc(SCC(=O)N(Cc2ccc(F)cc2)C2CCCCC2)n1N. The summed E-state index contributed by atoms with van der Waals surface area (Å²) in [6, 6.07) is 6.59. The third-order valence-electron chi connectivity index (χ3n) is 4.76. The molecule has 0 unspecified atom stereocenters. The standard InChI is InChI=1S/C18H24FN5OS/c1-13-21-22-18(24(13)20)26-12-17(25)23(16-5-3-2-4-6-16)11-14-7-9-15(19)10-8-14/h7-10,16H,2-6,11-12,20H2,1H3. The third kappa shape index (κ3) is 4.55. The Labute approximate surface area is 156 Å². The van der Waals surface area contributed by atoms with Crippen molar-refractivity contribution in [1.82, 2.24) is 19.8 Å². The van der Waals surface area contributed by atoms with Crippen LogP contribution in [-0.2, 0) is 11.3 Å². The number of nitrogens with two attached hydrogens (primary N) is 1. The van der Waals surface area contributed by atoms with Gasteiger partial charge in [-0.2, -0.15) is 0 Å². The average Bonchev–Trinajstić information content (AvgIpc) is 2.98. The predicted octanol–water partition coefficient (Wildman–Crippen LogP) is 2.89. The molecule has 1 saturated carbocycles. The van der Waals surface area contributed by atoms with Crippen LogP contribution in [0.2, 0.25) is 0 Å². The van der Waals surface area contributed by atoms with Crippen LogP contribution >= 0.6 is 11.8 Å². The Balaban J connectivity index is 1.69. The second-order valence-electron chi connectivity index (χ2n) is 6.63. The first kappa shape index (κ1) is 18.7. The molecule has 1 aromatic carbocycles. The molecule has 2 aromatic rings. The smallest absolute Gasteiger partial charge is 0.233 e. The van der Waals surface area contributed by atoms with Crippen LogP contribution in [0.4, 0.5) is 4.39 Å². The fourth-order valence-electron chi connectivity index (χ4n) is 3.26. The van der Waals surface area contributed by atoms with Crippen molar-refractivity contribution in [2.24, 2.45) is 0 Å². The molecule has 1 heterocycles. The summed E-state index contributed by atoms with van der Waals surface area (Å²) in [7, 11) is 0. The zero-order chi connectivity index (χ0) is 18.5. The zero-order valence-corrected chi connectivity index (χ0v) is 15.7. The molecule has 6 nitrogen and oxygen atoms in total. The van der Waals surface area contributed by atoms with E-state index >= 15 is 0 Å². The summed E-state index contributed by atoms with van der Waals surface area (Å²) in [5.74, 6) is 6.50. The van der Waals surface area contributed by atoms with Gasteiger partial charge in [0.05, 0.1) is 5.75 Å². The van der Waals surface area contributed by atoms with Gasteiger partial charge in [0.1, 0.15) is 11.6 Å². The van der Waals surface area contributed by atoms with Crippen LogP contribution < -0.4 is 5.84 Å². The van der Waals surface area contributed by atoms with Crippen LogP contribution in [0.3, 0.4) is 0 Å². The highest BCUT2D eigenvalue weighted by molar-refractivity contribution is 7.99. The van der Waals surface area contributed by atoms with Gasteiger partial charge in [-0.3, -0.25) is 4.79 Å². The van der Waals surface area contributed by atoms with Gasteiger partial charge < -0.3 is 10.7 Å². The van der Waals surface area contributed by atoms with E-state index in [9.17, 15) is 9.18 Å². The van der Waals surface area contributed by atoms with E-state index in [2.05, 4.69) is 10.2 Å². The highest BCUT2D eigenvalue weighted by Crippen LogP contribution is 2.26. The number of aryl methyl sites for hydroxylation is 1. The molecule has 0 saturated heterocycles. The van der Waals surface area contributed by atoms with E-state index in [4.69, 9.17) is 5.84 Å². The van der Waals surface area contributed by atoms with Crippen LogP contribution in [-0.4, -0.2) is 37.5 Å². The van der Waals surface area contributed by atoms with Gasteiger partial charge in [-0.15, -0.1) is 10.2 Å². The molecule has 1 aromatic heterocycles. The Morgan fingerprint density at radius 3 is 2.58 bits per heavy atom. The molecular weight excluding hydrogens is 353 g/mol. The van der Waals surface area contributed by atoms with Crippen LogP contribution in [0.5, 0.6) is 0 Å². The lowest BCUT2D eigenvalue weighted by Crippen LogP contribution is -2.42. The van der Waals surface area contributed by atoms with Crippen molar-refractivity contribution in [1.29, 1.82) is 0 Å². The Kier molecular flexibility index (Phi) is 6.13. The number of halogens is 1. The minimum atomic E-state index is -0.266. The first-order chi connectivity index (χ1) is 12.5. The Morgan fingerprint density at radius 2 is 1.96 bits per heavy atom. The summed E-state index contributed by atoms with van der Waals surface area (Å²) >= 11 is 1.29. The minimum Gasteiger partial charge on any atom is -0.336 e. The van der Waals surface area contributed by atoms with E-state index in [1.165, 1.54) is 35.0 Å². The summed E-state index contributed by atoms with van der Waals surface area (Å²) < 4.78 is 14.6. The number of nitrogen functional groups attached to an aromatic ring is 1. The molecule has 0 atom stereocenters. The van der Waals surface area contributed by atoms with Crippen molar-refractivity contribution in [3.05, 3.63) is 41.5 Å². The molecule has 1 aliphatic rings. The molecule has 0 radical (unpaired) electrons. The van der Waals surface area contributed by atoms with Crippen LogP contribution in [0, 0.1) is 12.7 Å². The summed E-state index contributed by atoms with van der Waals surface area (Å²) in [5.41, 5.74) is 0.938. The lowest BCUT2D eigenvalue weighted by Gasteiger charge is -2.34. The molecule has 1 aliphatic carbocycles. The lowest BCUT2D eigenvalue weighted by atomic mass is 9.94. The molecule has 26 heavy (non-hydrogen) atoms. The highest BCUT2D eigenvalue weighted by Gasteiger charge is 2.26. The molecule has 140 valence electrons. The van der Waals surface area contributed by atoms with Crippen molar-refractivity contribution in [3.63, 3.8) is 0 Å². The Bertz CT molecular complexity index is 743. The monoisotopic (exact) mass is 377 g/mol. The van der Waals surface area contributed by atoms with Gasteiger partial charge in [-0.1, -0.05) is 43.2 Å². The second-order valence-corrected chi connectivity index (χ2v) is 7.57. The number of hydrogen-bond acceptors (Lipinski definition) is 5. The van der Waals surface area contributed by atoms with E-state index < -0.39 is 0 Å². The summed E-state index contributed by atoms with van der Waals surface area (Å²) in [6.07, 6.45) is 5.54. The van der Waals surface area contributed by atoms with Crippen LogP contribution in [0.25, 0.3) is 0 Å². The van der Waals surface area contributed by atoms with Crippen molar-refractivity contribution in [2.45, 2.75) is 56.8 Å². The molecule has 8 heteroatoms. The number of hydrogen-bond donors (Lipinski definition) is 1. The number of amides is 1. The van der Waals surface area contributed by atoms with E-state index in [0.717, 1.165) is 31.2 Å². The van der Waals surface area contributed by atoms with Crippen molar-refractivity contribution in [3.8, 4) is 0 Å². The molecule has 3 rings (SSSR count). The summed E-state index contributed by atoms with van der Waals surface area (Å²) in [6.45, 7) is 2.26.